The highest BCUT2D eigenvalue weighted by Crippen LogP contribution is 2.43. The zero-order valence-corrected chi connectivity index (χ0v) is 12.9. The summed E-state index contributed by atoms with van der Waals surface area (Å²) in [5, 5.41) is 16.7. The SMILES string of the molecule is CC1(C)CC(C(=O)NCCCN=C=S)C(C)(C)N1O. The van der Waals surface area contributed by atoms with Crippen LogP contribution in [0.3, 0.4) is 0 Å². The zero-order valence-electron chi connectivity index (χ0n) is 12.1. The molecular formula is C13H23N3O2S. The van der Waals surface area contributed by atoms with Crippen LogP contribution in [-0.4, -0.2) is 45.5 Å². The van der Waals surface area contributed by atoms with Crippen molar-refractivity contribution in [3.8, 4) is 0 Å². The second-order valence-electron chi connectivity index (χ2n) is 6.15. The molecule has 1 heterocycles. The number of aliphatic imine (C=N–C) groups is 1. The van der Waals surface area contributed by atoms with Gasteiger partial charge in [-0.3, -0.25) is 4.79 Å². The molecule has 2 N–H and O–H groups in total. The van der Waals surface area contributed by atoms with E-state index in [4.69, 9.17) is 0 Å². The number of rotatable bonds is 5. The maximum atomic E-state index is 12.2. The molecule has 0 aromatic rings. The van der Waals surface area contributed by atoms with Crippen LogP contribution in [0.2, 0.25) is 0 Å². The molecule has 0 aromatic heterocycles. The summed E-state index contributed by atoms with van der Waals surface area (Å²) in [6, 6.07) is 0. The molecule has 1 saturated heterocycles. The van der Waals surface area contributed by atoms with Crippen LogP contribution >= 0.6 is 12.2 Å². The molecule has 1 rings (SSSR count). The number of hydrogen-bond donors (Lipinski definition) is 2. The van der Waals surface area contributed by atoms with E-state index in [1.54, 1.807) is 0 Å². The van der Waals surface area contributed by atoms with Crippen molar-refractivity contribution in [2.45, 2.75) is 51.6 Å². The van der Waals surface area contributed by atoms with Gasteiger partial charge in [0, 0.05) is 12.1 Å². The molecule has 1 atom stereocenters. The number of hydroxylamine groups is 2. The van der Waals surface area contributed by atoms with Crippen molar-refractivity contribution in [2.75, 3.05) is 13.1 Å². The van der Waals surface area contributed by atoms with Crippen molar-refractivity contribution in [1.29, 1.82) is 0 Å². The van der Waals surface area contributed by atoms with Crippen LogP contribution in [-0.2, 0) is 4.79 Å². The normalized spacial score (nSPS) is 24.8. The van der Waals surface area contributed by atoms with Crippen LogP contribution < -0.4 is 5.32 Å². The van der Waals surface area contributed by atoms with Gasteiger partial charge in [0.1, 0.15) is 0 Å². The average molecular weight is 285 g/mol. The summed E-state index contributed by atoms with van der Waals surface area (Å²) in [5.41, 5.74) is -0.937. The Kier molecular flexibility index (Phi) is 5.21. The van der Waals surface area contributed by atoms with Gasteiger partial charge in [0.05, 0.1) is 23.2 Å². The minimum absolute atomic E-state index is 0.0130. The third-order valence-corrected chi connectivity index (χ3v) is 3.93. The van der Waals surface area contributed by atoms with E-state index in [0.29, 0.717) is 19.5 Å². The molecule has 0 spiro atoms. The molecule has 1 aliphatic heterocycles. The molecule has 1 aliphatic rings. The fourth-order valence-electron chi connectivity index (χ4n) is 2.72. The topological polar surface area (TPSA) is 64.9 Å². The molecule has 0 aliphatic carbocycles. The van der Waals surface area contributed by atoms with Crippen LogP contribution in [0.15, 0.2) is 4.99 Å². The molecule has 19 heavy (non-hydrogen) atoms. The molecule has 0 bridgehead atoms. The van der Waals surface area contributed by atoms with E-state index < -0.39 is 5.54 Å². The molecule has 108 valence electrons. The molecule has 1 fully saturated rings. The predicted octanol–water partition coefficient (Wildman–Crippen LogP) is 1.86. The van der Waals surface area contributed by atoms with E-state index >= 15 is 0 Å². The summed E-state index contributed by atoms with van der Waals surface area (Å²) in [6.07, 6.45) is 1.38. The van der Waals surface area contributed by atoms with Crippen molar-refractivity contribution in [2.24, 2.45) is 10.9 Å². The first-order chi connectivity index (χ1) is 8.73. The van der Waals surface area contributed by atoms with E-state index in [0.717, 1.165) is 6.42 Å². The van der Waals surface area contributed by atoms with Crippen LogP contribution in [0.1, 0.15) is 40.5 Å². The third kappa shape index (κ3) is 3.60. The van der Waals surface area contributed by atoms with Crippen LogP contribution in [0, 0.1) is 5.92 Å². The second kappa shape index (κ2) is 6.09. The number of nitrogens with zero attached hydrogens (tertiary/aromatic N) is 2. The summed E-state index contributed by atoms with van der Waals surface area (Å²) in [7, 11) is 0. The van der Waals surface area contributed by atoms with Gasteiger partial charge >= 0.3 is 0 Å². The number of amides is 1. The van der Waals surface area contributed by atoms with Crippen molar-refractivity contribution in [3.63, 3.8) is 0 Å². The van der Waals surface area contributed by atoms with Gasteiger partial charge in [0.15, 0.2) is 0 Å². The number of thiocarbonyl (C=S) groups is 1. The highest BCUT2D eigenvalue weighted by molar-refractivity contribution is 7.78. The van der Waals surface area contributed by atoms with E-state index in [9.17, 15) is 10.0 Å². The maximum absolute atomic E-state index is 12.2. The number of isothiocyanates is 1. The first-order valence-electron chi connectivity index (χ1n) is 6.54. The van der Waals surface area contributed by atoms with Gasteiger partial charge in [0.2, 0.25) is 5.91 Å². The van der Waals surface area contributed by atoms with E-state index in [1.807, 2.05) is 27.7 Å². The highest BCUT2D eigenvalue weighted by atomic mass is 32.1. The smallest absolute Gasteiger partial charge is 0.225 e. The molecule has 1 amide bonds. The lowest BCUT2D eigenvalue weighted by molar-refractivity contribution is -0.197. The summed E-state index contributed by atoms with van der Waals surface area (Å²) < 4.78 is 0. The molecule has 5 nitrogen and oxygen atoms in total. The van der Waals surface area contributed by atoms with E-state index in [-0.39, 0.29) is 17.4 Å². The summed E-state index contributed by atoms with van der Waals surface area (Å²) in [4.78, 5) is 16.0. The fraction of sp³-hybridized carbons (Fsp3) is 0.846. The van der Waals surface area contributed by atoms with Gasteiger partial charge < -0.3 is 10.5 Å². The standard InChI is InChI=1S/C13H23N3O2S/c1-12(2)8-10(13(3,4)16(12)18)11(17)15-7-5-6-14-9-19/h10,18H,5-8H2,1-4H3,(H,15,17). The second-order valence-corrected chi connectivity index (χ2v) is 6.33. The van der Waals surface area contributed by atoms with Crippen molar-refractivity contribution in [1.82, 2.24) is 10.4 Å². The van der Waals surface area contributed by atoms with Gasteiger partial charge in [-0.25, -0.2) is 4.99 Å². The third-order valence-electron chi connectivity index (χ3n) is 3.80. The van der Waals surface area contributed by atoms with E-state index in [1.165, 1.54) is 5.06 Å². The summed E-state index contributed by atoms with van der Waals surface area (Å²) >= 11 is 4.47. The van der Waals surface area contributed by atoms with Crippen molar-refractivity contribution < 1.29 is 10.0 Å². The zero-order chi connectivity index (χ0) is 14.7. The number of nitrogens with one attached hydrogen (secondary N) is 1. The van der Waals surface area contributed by atoms with Crippen molar-refractivity contribution >= 4 is 23.3 Å². The van der Waals surface area contributed by atoms with Gasteiger partial charge in [-0.1, -0.05) is 0 Å². The predicted molar refractivity (Wildman–Crippen MR) is 77.4 cm³/mol. The Balaban J connectivity index is 2.55. The fourth-order valence-corrected chi connectivity index (χ4v) is 2.81. The molecule has 0 radical (unpaired) electrons. The Morgan fingerprint density at radius 1 is 1.53 bits per heavy atom. The Labute approximate surface area is 120 Å². The highest BCUT2D eigenvalue weighted by Gasteiger charge is 2.53. The summed E-state index contributed by atoms with van der Waals surface area (Å²) in [5.74, 6) is -0.234. The quantitative estimate of drug-likeness (QED) is 0.460. The minimum atomic E-state index is -0.555. The Hall–Kier alpha value is -0.810. The molecule has 0 saturated carbocycles. The lowest BCUT2D eigenvalue weighted by atomic mass is 9.86. The first-order valence-corrected chi connectivity index (χ1v) is 6.95. The van der Waals surface area contributed by atoms with Crippen LogP contribution in [0.5, 0.6) is 0 Å². The summed E-state index contributed by atoms with van der Waals surface area (Å²) in [6.45, 7) is 8.81. The Morgan fingerprint density at radius 2 is 2.16 bits per heavy atom. The molecule has 1 unspecified atom stereocenters. The maximum Gasteiger partial charge on any atom is 0.225 e. The largest absolute Gasteiger partial charge is 0.356 e. The number of hydrogen-bond acceptors (Lipinski definition) is 5. The monoisotopic (exact) mass is 285 g/mol. The van der Waals surface area contributed by atoms with Gasteiger partial charge in [-0.05, 0) is 52.8 Å². The minimum Gasteiger partial charge on any atom is -0.356 e. The van der Waals surface area contributed by atoms with E-state index in [2.05, 4.69) is 27.7 Å². The average Bonchev–Trinajstić information content (AvgIpc) is 2.49. The number of carbonyl (C=O) groups is 1. The first kappa shape index (κ1) is 16.2. The van der Waals surface area contributed by atoms with Gasteiger partial charge in [-0.2, -0.15) is 5.06 Å². The molecule has 6 heteroatoms. The Bertz CT molecular complexity index is 389. The van der Waals surface area contributed by atoms with Crippen LogP contribution in [0.25, 0.3) is 0 Å². The van der Waals surface area contributed by atoms with Crippen molar-refractivity contribution in [3.05, 3.63) is 0 Å². The van der Waals surface area contributed by atoms with Gasteiger partial charge in [0.25, 0.3) is 0 Å². The molecule has 0 aromatic carbocycles. The lowest BCUT2D eigenvalue weighted by Gasteiger charge is -2.35. The number of carbonyl (C=O) groups excluding carboxylic acids is 1. The van der Waals surface area contributed by atoms with Gasteiger partial charge in [-0.15, -0.1) is 0 Å². The molecular weight excluding hydrogens is 262 g/mol. The Morgan fingerprint density at radius 3 is 2.63 bits per heavy atom. The van der Waals surface area contributed by atoms with Crippen LogP contribution in [0.4, 0.5) is 0 Å². The lowest BCUT2D eigenvalue weighted by Crippen LogP contribution is -2.50.